The fraction of sp³-hybridized carbons (Fsp3) is 0.238. The van der Waals surface area contributed by atoms with E-state index in [0.29, 0.717) is 16.3 Å². The molecule has 5 rings (SSSR count). The Morgan fingerprint density at radius 2 is 1.90 bits per heavy atom. The number of fused-ring (bicyclic) bond motifs is 1. The van der Waals surface area contributed by atoms with E-state index in [-0.39, 0.29) is 5.78 Å². The van der Waals surface area contributed by atoms with Crippen LogP contribution in [0.15, 0.2) is 48.9 Å². The van der Waals surface area contributed by atoms with Crippen molar-refractivity contribution in [3.63, 3.8) is 0 Å². The van der Waals surface area contributed by atoms with Crippen LogP contribution in [0.25, 0.3) is 16.2 Å². The summed E-state index contributed by atoms with van der Waals surface area (Å²) >= 11 is 1.43. The predicted molar refractivity (Wildman–Crippen MR) is 117 cm³/mol. The van der Waals surface area contributed by atoms with Crippen molar-refractivity contribution in [1.29, 1.82) is 0 Å². The maximum atomic E-state index is 11.6. The SMILES string of the molecule is CC(=O)c1ccc(-c2cnc(Nc3ccc(N4CCOCC4)cc3)c3ncnn23)s1. The first kappa shape index (κ1) is 18.7. The molecule has 0 saturated carbocycles. The third-order valence-electron chi connectivity index (χ3n) is 5.02. The highest BCUT2D eigenvalue weighted by atomic mass is 32.1. The van der Waals surface area contributed by atoms with Crippen LogP contribution in [0.3, 0.4) is 0 Å². The maximum absolute atomic E-state index is 11.6. The molecule has 1 aromatic carbocycles. The van der Waals surface area contributed by atoms with Gasteiger partial charge in [-0.3, -0.25) is 4.79 Å². The van der Waals surface area contributed by atoms with Crippen molar-refractivity contribution in [2.24, 2.45) is 0 Å². The van der Waals surface area contributed by atoms with Crippen LogP contribution in [-0.2, 0) is 4.74 Å². The van der Waals surface area contributed by atoms with Gasteiger partial charge in [0.1, 0.15) is 12.0 Å². The highest BCUT2D eigenvalue weighted by Gasteiger charge is 2.15. The Balaban J connectivity index is 1.41. The van der Waals surface area contributed by atoms with E-state index in [1.54, 1.807) is 17.6 Å². The number of carbonyl (C=O) groups is 1. The van der Waals surface area contributed by atoms with Crippen LogP contribution in [-0.4, -0.2) is 51.7 Å². The lowest BCUT2D eigenvalue weighted by Crippen LogP contribution is -2.36. The summed E-state index contributed by atoms with van der Waals surface area (Å²) in [4.78, 5) is 24.5. The van der Waals surface area contributed by atoms with E-state index >= 15 is 0 Å². The zero-order valence-electron chi connectivity index (χ0n) is 16.4. The van der Waals surface area contributed by atoms with Gasteiger partial charge in [0, 0.05) is 24.5 Å². The number of ketones is 1. The molecular formula is C21H20N6O2S. The Morgan fingerprint density at radius 3 is 2.63 bits per heavy atom. The van der Waals surface area contributed by atoms with Gasteiger partial charge in [0.25, 0.3) is 0 Å². The Morgan fingerprint density at radius 1 is 1.10 bits per heavy atom. The second-order valence-electron chi connectivity index (χ2n) is 6.98. The molecule has 1 saturated heterocycles. The fourth-order valence-corrected chi connectivity index (χ4v) is 4.35. The molecule has 4 heterocycles. The lowest BCUT2D eigenvalue weighted by molar-refractivity contribution is 0.102. The molecule has 30 heavy (non-hydrogen) atoms. The Bertz CT molecular complexity index is 1190. The molecule has 0 atom stereocenters. The van der Waals surface area contributed by atoms with E-state index in [0.717, 1.165) is 42.6 Å². The molecule has 4 aromatic rings. The van der Waals surface area contributed by atoms with Crippen LogP contribution in [0.2, 0.25) is 0 Å². The number of Topliss-reactive ketones (excluding diaryl/α,β-unsaturated/α-hetero) is 1. The molecule has 1 N–H and O–H groups in total. The van der Waals surface area contributed by atoms with E-state index in [4.69, 9.17) is 4.74 Å². The number of nitrogens with zero attached hydrogens (tertiary/aromatic N) is 5. The molecule has 0 spiro atoms. The Kier molecular flexibility index (Phi) is 4.89. The number of thiophene rings is 1. The van der Waals surface area contributed by atoms with Gasteiger partial charge in [0.05, 0.1) is 29.2 Å². The Hall–Kier alpha value is -3.30. The molecule has 1 aliphatic rings. The lowest BCUT2D eigenvalue weighted by Gasteiger charge is -2.28. The zero-order valence-corrected chi connectivity index (χ0v) is 17.2. The van der Waals surface area contributed by atoms with E-state index in [9.17, 15) is 4.79 Å². The maximum Gasteiger partial charge on any atom is 0.199 e. The highest BCUT2D eigenvalue weighted by molar-refractivity contribution is 7.17. The van der Waals surface area contributed by atoms with Crippen LogP contribution in [0.5, 0.6) is 0 Å². The molecule has 9 heteroatoms. The van der Waals surface area contributed by atoms with Crippen molar-refractivity contribution in [2.45, 2.75) is 6.92 Å². The first-order valence-electron chi connectivity index (χ1n) is 9.69. The molecule has 0 bridgehead atoms. The summed E-state index contributed by atoms with van der Waals surface area (Å²) in [5.74, 6) is 0.673. The molecule has 0 amide bonds. The second-order valence-corrected chi connectivity index (χ2v) is 8.06. The number of benzene rings is 1. The van der Waals surface area contributed by atoms with Gasteiger partial charge in [-0.25, -0.2) is 14.5 Å². The fourth-order valence-electron chi connectivity index (χ4n) is 3.45. The molecule has 152 valence electrons. The van der Waals surface area contributed by atoms with Gasteiger partial charge in [-0.15, -0.1) is 11.3 Å². The largest absolute Gasteiger partial charge is 0.378 e. The molecule has 0 unspecified atom stereocenters. The number of hydrogen-bond donors (Lipinski definition) is 1. The number of morpholine rings is 1. The number of anilines is 3. The molecule has 0 aliphatic carbocycles. The minimum absolute atomic E-state index is 0.0489. The van der Waals surface area contributed by atoms with Gasteiger partial charge < -0.3 is 15.0 Å². The van der Waals surface area contributed by atoms with Crippen LogP contribution in [0.1, 0.15) is 16.6 Å². The topological polar surface area (TPSA) is 84.7 Å². The summed E-state index contributed by atoms with van der Waals surface area (Å²) in [6, 6.07) is 12.0. The minimum Gasteiger partial charge on any atom is -0.378 e. The van der Waals surface area contributed by atoms with Crippen molar-refractivity contribution in [3.8, 4) is 10.6 Å². The number of carbonyl (C=O) groups excluding carboxylic acids is 1. The number of ether oxygens (including phenoxy) is 1. The van der Waals surface area contributed by atoms with Crippen LogP contribution in [0.4, 0.5) is 17.2 Å². The third-order valence-corrected chi connectivity index (χ3v) is 6.22. The van der Waals surface area contributed by atoms with Crippen molar-refractivity contribution < 1.29 is 9.53 Å². The quantitative estimate of drug-likeness (QED) is 0.494. The molecule has 0 radical (unpaired) electrons. The average molecular weight is 420 g/mol. The van der Waals surface area contributed by atoms with E-state index in [2.05, 4.69) is 37.4 Å². The molecule has 3 aromatic heterocycles. The summed E-state index contributed by atoms with van der Waals surface area (Å²) < 4.78 is 7.16. The summed E-state index contributed by atoms with van der Waals surface area (Å²) in [5.41, 5.74) is 3.53. The second kappa shape index (κ2) is 7.85. The Labute approximate surface area is 177 Å². The normalized spacial score (nSPS) is 14.2. The van der Waals surface area contributed by atoms with Crippen molar-refractivity contribution in [3.05, 3.63) is 53.8 Å². The summed E-state index contributed by atoms with van der Waals surface area (Å²) in [6.45, 7) is 4.91. The smallest absolute Gasteiger partial charge is 0.199 e. The van der Waals surface area contributed by atoms with Crippen LogP contribution < -0.4 is 10.2 Å². The number of hydrogen-bond acceptors (Lipinski definition) is 8. The third kappa shape index (κ3) is 3.53. The summed E-state index contributed by atoms with van der Waals surface area (Å²) in [7, 11) is 0. The monoisotopic (exact) mass is 420 g/mol. The minimum atomic E-state index is 0.0489. The van der Waals surface area contributed by atoms with Crippen LogP contribution >= 0.6 is 11.3 Å². The highest BCUT2D eigenvalue weighted by Crippen LogP contribution is 2.30. The first-order chi connectivity index (χ1) is 14.7. The van der Waals surface area contributed by atoms with E-state index in [1.165, 1.54) is 23.4 Å². The van der Waals surface area contributed by atoms with Gasteiger partial charge in [0.15, 0.2) is 17.2 Å². The average Bonchev–Trinajstić information content (AvgIpc) is 3.46. The van der Waals surface area contributed by atoms with E-state index < -0.39 is 0 Å². The van der Waals surface area contributed by atoms with Gasteiger partial charge in [0.2, 0.25) is 0 Å². The molecule has 1 fully saturated rings. The standard InChI is InChI=1S/C21H20N6O2S/c1-14(28)18-6-7-19(30-18)17-12-22-20(21-23-13-24-27(17)21)25-15-2-4-16(5-3-15)26-8-10-29-11-9-26/h2-7,12-13H,8-11H2,1H3,(H,22,25). The zero-order chi connectivity index (χ0) is 20.5. The predicted octanol–water partition coefficient (Wildman–Crippen LogP) is 3.64. The summed E-state index contributed by atoms with van der Waals surface area (Å²) in [5, 5.41) is 7.69. The molecular weight excluding hydrogens is 400 g/mol. The van der Waals surface area contributed by atoms with E-state index in [1.807, 2.05) is 24.3 Å². The molecule has 1 aliphatic heterocycles. The number of nitrogens with one attached hydrogen (secondary N) is 1. The van der Waals surface area contributed by atoms with Gasteiger partial charge in [-0.05, 0) is 43.3 Å². The van der Waals surface area contributed by atoms with Crippen molar-refractivity contribution in [1.82, 2.24) is 19.6 Å². The summed E-state index contributed by atoms with van der Waals surface area (Å²) in [6.07, 6.45) is 3.26. The van der Waals surface area contributed by atoms with Crippen molar-refractivity contribution >= 4 is 40.0 Å². The first-order valence-corrected chi connectivity index (χ1v) is 10.5. The van der Waals surface area contributed by atoms with Gasteiger partial charge in [-0.2, -0.15) is 5.10 Å². The van der Waals surface area contributed by atoms with Gasteiger partial charge in [-0.1, -0.05) is 0 Å². The number of rotatable bonds is 5. The molecule has 8 nitrogen and oxygen atoms in total. The number of aromatic nitrogens is 4. The lowest BCUT2D eigenvalue weighted by atomic mass is 10.2. The van der Waals surface area contributed by atoms with Crippen LogP contribution in [0, 0.1) is 0 Å². The van der Waals surface area contributed by atoms with Crippen molar-refractivity contribution in [2.75, 3.05) is 36.5 Å². The van der Waals surface area contributed by atoms with Gasteiger partial charge >= 0.3 is 0 Å².